The van der Waals surface area contributed by atoms with Crippen molar-refractivity contribution in [2.45, 2.75) is 0 Å². The van der Waals surface area contributed by atoms with E-state index in [9.17, 15) is 0 Å². The number of aromatic nitrogens is 2. The van der Waals surface area contributed by atoms with Crippen LogP contribution in [0.15, 0.2) is 30.3 Å². The van der Waals surface area contributed by atoms with Crippen LogP contribution in [0.25, 0.3) is 11.3 Å². The number of aryl methyl sites for hydroxylation is 1. The van der Waals surface area contributed by atoms with Crippen molar-refractivity contribution in [1.29, 1.82) is 0 Å². The number of hydrogen-bond donors (Lipinski definition) is 0. The quantitative estimate of drug-likeness (QED) is 0.678. The van der Waals surface area contributed by atoms with E-state index in [0.717, 1.165) is 16.3 Å². The van der Waals surface area contributed by atoms with Crippen molar-refractivity contribution in [1.82, 2.24) is 9.78 Å². The Bertz CT molecular complexity index is 403. The molecule has 0 atom stereocenters. The zero-order valence-electron chi connectivity index (χ0n) is 7.16. The van der Waals surface area contributed by atoms with Crippen LogP contribution in [0.4, 0.5) is 0 Å². The van der Waals surface area contributed by atoms with Gasteiger partial charge in [0.05, 0.1) is 5.69 Å². The molecule has 1 aromatic carbocycles. The highest BCUT2D eigenvalue weighted by Gasteiger charge is 2.01. The second-order valence-electron chi connectivity index (χ2n) is 2.79. The van der Waals surface area contributed by atoms with Gasteiger partial charge in [-0.25, -0.2) is 0 Å². The van der Waals surface area contributed by atoms with Gasteiger partial charge in [0.2, 0.25) is 0 Å². The predicted octanol–water partition coefficient (Wildman–Crippen LogP) is 2.54. The van der Waals surface area contributed by atoms with Gasteiger partial charge >= 0.3 is 0 Å². The topological polar surface area (TPSA) is 17.8 Å². The lowest BCUT2D eigenvalue weighted by Crippen LogP contribution is -1.92. The van der Waals surface area contributed by atoms with E-state index in [4.69, 9.17) is 11.6 Å². The van der Waals surface area contributed by atoms with Crippen LogP contribution < -0.4 is 0 Å². The maximum Gasteiger partial charge on any atom is 0.113 e. The van der Waals surface area contributed by atoms with Gasteiger partial charge < -0.3 is 0 Å². The van der Waals surface area contributed by atoms with Crippen molar-refractivity contribution >= 4 is 11.6 Å². The standard InChI is InChI=1S/C10H8ClN2/c1-13-10(6-7-12-13)8-2-4-9(11)5-3-8/h2-6H,1H3. The minimum absolute atomic E-state index is 0.745. The lowest BCUT2D eigenvalue weighted by atomic mass is 10.1. The Kier molecular flexibility index (Phi) is 2.07. The van der Waals surface area contributed by atoms with Crippen LogP contribution in [0.3, 0.4) is 0 Å². The Balaban J connectivity index is 2.47. The monoisotopic (exact) mass is 191 g/mol. The second-order valence-corrected chi connectivity index (χ2v) is 3.23. The normalized spacial score (nSPS) is 10.3. The number of rotatable bonds is 1. The van der Waals surface area contributed by atoms with E-state index in [1.807, 2.05) is 37.4 Å². The molecule has 0 bridgehead atoms. The lowest BCUT2D eigenvalue weighted by molar-refractivity contribution is 0.773. The van der Waals surface area contributed by atoms with Crippen LogP contribution in [0.5, 0.6) is 0 Å². The average molecular weight is 192 g/mol. The highest BCUT2D eigenvalue weighted by Crippen LogP contribution is 2.19. The van der Waals surface area contributed by atoms with E-state index in [0.29, 0.717) is 0 Å². The molecule has 0 fully saturated rings. The Hall–Kier alpha value is -1.28. The minimum atomic E-state index is 0.745. The summed E-state index contributed by atoms with van der Waals surface area (Å²) in [4.78, 5) is 0. The van der Waals surface area contributed by atoms with Crippen LogP contribution in [0.1, 0.15) is 0 Å². The average Bonchev–Trinajstić information content (AvgIpc) is 2.53. The molecule has 0 spiro atoms. The third kappa shape index (κ3) is 1.58. The van der Waals surface area contributed by atoms with Gasteiger partial charge in [0.25, 0.3) is 0 Å². The minimum Gasteiger partial charge on any atom is -0.267 e. The summed E-state index contributed by atoms with van der Waals surface area (Å²) >= 11 is 5.78. The summed E-state index contributed by atoms with van der Waals surface area (Å²) in [6.07, 6.45) is 2.79. The molecule has 0 aliphatic rings. The Labute approximate surface area is 81.8 Å². The molecule has 0 aliphatic carbocycles. The maximum atomic E-state index is 5.78. The van der Waals surface area contributed by atoms with Crippen LogP contribution in [0, 0.1) is 6.20 Å². The molecule has 0 amide bonds. The summed E-state index contributed by atoms with van der Waals surface area (Å²) in [5.74, 6) is 0. The third-order valence-electron chi connectivity index (χ3n) is 1.90. The first-order valence-electron chi connectivity index (χ1n) is 3.93. The Morgan fingerprint density at radius 1 is 1.31 bits per heavy atom. The molecule has 0 saturated heterocycles. The number of hydrogen-bond acceptors (Lipinski definition) is 1. The molecule has 0 aliphatic heterocycles. The maximum absolute atomic E-state index is 5.78. The molecule has 2 rings (SSSR count). The van der Waals surface area contributed by atoms with E-state index in [1.165, 1.54) is 0 Å². The summed E-state index contributed by atoms with van der Waals surface area (Å²) < 4.78 is 1.78. The predicted molar refractivity (Wildman–Crippen MR) is 52.5 cm³/mol. The van der Waals surface area contributed by atoms with Gasteiger partial charge in [0.1, 0.15) is 6.20 Å². The first-order chi connectivity index (χ1) is 6.27. The fourth-order valence-corrected chi connectivity index (χ4v) is 1.34. The molecule has 1 heterocycles. The summed E-state index contributed by atoms with van der Waals surface area (Å²) in [5, 5.41) is 4.72. The van der Waals surface area contributed by atoms with Crippen LogP contribution >= 0.6 is 11.6 Å². The Morgan fingerprint density at radius 2 is 2.00 bits per heavy atom. The molecule has 13 heavy (non-hydrogen) atoms. The third-order valence-corrected chi connectivity index (χ3v) is 2.15. The summed E-state index contributed by atoms with van der Waals surface area (Å²) in [6.45, 7) is 0. The first kappa shape index (κ1) is 8.32. The molecule has 0 N–H and O–H groups in total. The molecule has 1 radical (unpaired) electrons. The van der Waals surface area contributed by atoms with Gasteiger partial charge in [-0.05, 0) is 23.8 Å². The van der Waals surface area contributed by atoms with E-state index < -0.39 is 0 Å². The van der Waals surface area contributed by atoms with Gasteiger partial charge in [-0.2, -0.15) is 5.10 Å². The number of benzene rings is 1. The highest BCUT2D eigenvalue weighted by atomic mass is 35.5. The fraction of sp³-hybridized carbons (Fsp3) is 0.100. The SMILES string of the molecule is Cn1n[c]cc1-c1ccc(Cl)cc1. The zero-order chi connectivity index (χ0) is 9.26. The molecule has 0 saturated carbocycles. The Morgan fingerprint density at radius 3 is 2.54 bits per heavy atom. The van der Waals surface area contributed by atoms with Crippen molar-refractivity contribution in [3.8, 4) is 11.3 Å². The largest absolute Gasteiger partial charge is 0.267 e. The smallest absolute Gasteiger partial charge is 0.113 e. The van der Waals surface area contributed by atoms with Gasteiger partial charge in [-0.1, -0.05) is 23.7 Å². The number of nitrogens with zero attached hydrogens (tertiary/aromatic N) is 2. The van der Waals surface area contributed by atoms with Crippen molar-refractivity contribution in [2.75, 3.05) is 0 Å². The zero-order valence-corrected chi connectivity index (χ0v) is 7.92. The van der Waals surface area contributed by atoms with E-state index in [2.05, 4.69) is 11.3 Å². The van der Waals surface area contributed by atoms with E-state index in [1.54, 1.807) is 4.68 Å². The molecule has 2 nitrogen and oxygen atoms in total. The van der Waals surface area contributed by atoms with Crippen LogP contribution in [0.2, 0.25) is 5.02 Å². The fourth-order valence-electron chi connectivity index (χ4n) is 1.21. The lowest BCUT2D eigenvalue weighted by Gasteiger charge is -2.00. The van der Waals surface area contributed by atoms with Crippen molar-refractivity contribution in [3.05, 3.63) is 41.6 Å². The summed E-state index contributed by atoms with van der Waals surface area (Å²) in [5.41, 5.74) is 2.14. The molecule has 0 unspecified atom stereocenters. The molecule has 65 valence electrons. The molecule has 1 aromatic heterocycles. The number of halogens is 1. The molecule has 3 heteroatoms. The summed E-state index contributed by atoms with van der Waals surface area (Å²) in [7, 11) is 1.89. The molecular weight excluding hydrogens is 184 g/mol. The molecular formula is C10H8ClN2. The summed E-state index contributed by atoms with van der Waals surface area (Å²) in [6, 6.07) is 9.51. The van der Waals surface area contributed by atoms with E-state index in [-0.39, 0.29) is 0 Å². The van der Waals surface area contributed by atoms with E-state index >= 15 is 0 Å². The van der Waals surface area contributed by atoms with Gasteiger partial charge in [0.15, 0.2) is 0 Å². The van der Waals surface area contributed by atoms with Gasteiger partial charge in [0, 0.05) is 12.1 Å². The van der Waals surface area contributed by atoms with Gasteiger partial charge in [-0.15, -0.1) is 0 Å². The second kappa shape index (κ2) is 3.23. The van der Waals surface area contributed by atoms with Crippen LogP contribution in [-0.4, -0.2) is 9.78 Å². The first-order valence-corrected chi connectivity index (χ1v) is 4.31. The highest BCUT2D eigenvalue weighted by molar-refractivity contribution is 6.30. The van der Waals surface area contributed by atoms with Crippen molar-refractivity contribution in [3.63, 3.8) is 0 Å². The van der Waals surface area contributed by atoms with Crippen molar-refractivity contribution < 1.29 is 0 Å². The van der Waals surface area contributed by atoms with Gasteiger partial charge in [-0.3, -0.25) is 4.68 Å². The molecule has 2 aromatic rings. The van der Waals surface area contributed by atoms with Crippen molar-refractivity contribution in [2.24, 2.45) is 7.05 Å². The van der Waals surface area contributed by atoms with Crippen LogP contribution in [-0.2, 0) is 7.05 Å².